The molecular weight excluding hydrogens is 376 g/mol. The minimum absolute atomic E-state index is 0.130. The second-order valence-corrected chi connectivity index (χ2v) is 8.34. The Kier molecular flexibility index (Phi) is 4.24. The van der Waals surface area contributed by atoms with Crippen molar-refractivity contribution >= 4 is 16.7 Å². The van der Waals surface area contributed by atoms with Gasteiger partial charge in [0.2, 0.25) is 0 Å². The third-order valence-electron chi connectivity index (χ3n) is 5.10. The molecule has 0 atom stereocenters. The van der Waals surface area contributed by atoms with Gasteiger partial charge in [-0.25, -0.2) is 14.5 Å². The summed E-state index contributed by atoms with van der Waals surface area (Å²) in [6.07, 6.45) is 3.35. The van der Waals surface area contributed by atoms with E-state index in [0.29, 0.717) is 18.1 Å². The fourth-order valence-corrected chi connectivity index (χ4v) is 3.38. The molecule has 3 heterocycles. The molecule has 0 aliphatic heterocycles. The van der Waals surface area contributed by atoms with Crippen molar-refractivity contribution in [1.82, 2.24) is 29.8 Å². The van der Waals surface area contributed by atoms with Crippen molar-refractivity contribution in [2.45, 2.75) is 32.8 Å². The maximum atomic E-state index is 5.99. The first-order valence-electron chi connectivity index (χ1n) is 9.84. The molecule has 0 saturated carbocycles. The first-order valence-corrected chi connectivity index (χ1v) is 9.84. The van der Waals surface area contributed by atoms with Gasteiger partial charge in [0.05, 0.1) is 11.6 Å². The molecule has 1 N–H and O–H groups in total. The Hall–Kier alpha value is -3.74. The smallest absolute Gasteiger partial charge is 0.182 e. The lowest BCUT2D eigenvalue weighted by Crippen LogP contribution is -2.10. The van der Waals surface area contributed by atoms with E-state index in [1.807, 2.05) is 30.3 Å². The van der Waals surface area contributed by atoms with Crippen LogP contribution in [0.2, 0.25) is 0 Å². The highest BCUT2D eigenvalue weighted by Crippen LogP contribution is 2.25. The quantitative estimate of drug-likeness (QED) is 0.480. The number of nitrogens with zero attached hydrogens (tertiary/aromatic N) is 5. The number of aromatic amines is 1. The summed E-state index contributed by atoms with van der Waals surface area (Å²) in [5, 5.41) is 12.3. The van der Waals surface area contributed by atoms with Gasteiger partial charge in [0, 0.05) is 5.56 Å². The molecule has 0 aliphatic rings. The molecule has 0 unspecified atom stereocenters. The van der Waals surface area contributed by atoms with Crippen molar-refractivity contribution < 1.29 is 4.74 Å². The molecule has 0 radical (unpaired) electrons. The SMILES string of the molecule is CC(C)(C)c1ccc(OCc2cccc(-c3nc4c5cn[nH]c5ncn4n3)c2)cc1. The second kappa shape index (κ2) is 6.95. The maximum Gasteiger partial charge on any atom is 0.182 e. The van der Waals surface area contributed by atoms with Crippen molar-refractivity contribution in [1.29, 1.82) is 0 Å². The number of H-pyrrole nitrogens is 1. The highest BCUT2D eigenvalue weighted by atomic mass is 16.5. The monoisotopic (exact) mass is 398 g/mol. The van der Waals surface area contributed by atoms with E-state index in [1.54, 1.807) is 17.0 Å². The molecule has 0 aliphatic carbocycles. The van der Waals surface area contributed by atoms with Crippen LogP contribution < -0.4 is 4.74 Å². The summed E-state index contributed by atoms with van der Waals surface area (Å²) in [5.74, 6) is 1.49. The van der Waals surface area contributed by atoms with Crippen LogP contribution in [0.5, 0.6) is 5.75 Å². The Morgan fingerprint density at radius 1 is 1.07 bits per heavy atom. The zero-order chi connectivity index (χ0) is 20.7. The number of benzene rings is 2. The molecule has 0 saturated heterocycles. The van der Waals surface area contributed by atoms with Crippen molar-refractivity contribution in [2.24, 2.45) is 0 Å². The van der Waals surface area contributed by atoms with E-state index in [0.717, 1.165) is 27.9 Å². The molecular formula is C23H22N6O. The summed E-state index contributed by atoms with van der Waals surface area (Å²) >= 11 is 0. The summed E-state index contributed by atoms with van der Waals surface area (Å²) in [5.41, 5.74) is 4.82. The number of ether oxygens (including phenoxy) is 1. The summed E-state index contributed by atoms with van der Waals surface area (Å²) in [6.45, 7) is 7.09. The van der Waals surface area contributed by atoms with Gasteiger partial charge < -0.3 is 4.74 Å². The lowest BCUT2D eigenvalue weighted by molar-refractivity contribution is 0.306. The fraction of sp³-hybridized carbons (Fsp3) is 0.217. The molecule has 30 heavy (non-hydrogen) atoms. The number of hydrogen-bond donors (Lipinski definition) is 1. The van der Waals surface area contributed by atoms with Crippen molar-refractivity contribution in [3.8, 4) is 17.1 Å². The normalized spacial score (nSPS) is 12.0. The van der Waals surface area contributed by atoms with Crippen LogP contribution in [0.3, 0.4) is 0 Å². The number of aromatic nitrogens is 6. The standard InChI is InChI=1S/C23H22N6O/c1-23(2,3)17-7-9-18(10-8-17)30-13-15-5-4-6-16(11-15)20-26-22-19-12-25-27-21(19)24-14-29(22)28-20/h4-12,14H,13H2,1-3H3,(H,25,27). The van der Waals surface area contributed by atoms with Gasteiger partial charge >= 0.3 is 0 Å². The zero-order valence-corrected chi connectivity index (χ0v) is 17.1. The Labute approximate surface area is 173 Å². The molecule has 0 fully saturated rings. The molecule has 7 heteroatoms. The number of hydrogen-bond acceptors (Lipinski definition) is 5. The number of fused-ring (bicyclic) bond motifs is 3. The lowest BCUT2D eigenvalue weighted by Gasteiger charge is -2.19. The molecule has 3 aromatic heterocycles. The topological polar surface area (TPSA) is 81.0 Å². The maximum absolute atomic E-state index is 5.99. The van der Waals surface area contributed by atoms with Gasteiger partial charge in [0.1, 0.15) is 18.7 Å². The molecule has 5 rings (SSSR count). The Balaban J connectivity index is 1.37. The van der Waals surface area contributed by atoms with Crippen molar-refractivity contribution in [2.75, 3.05) is 0 Å². The first kappa shape index (κ1) is 18.3. The average Bonchev–Trinajstić information content (AvgIpc) is 3.38. The van der Waals surface area contributed by atoms with Gasteiger partial charge in [-0.15, -0.1) is 5.10 Å². The van der Waals surface area contributed by atoms with E-state index < -0.39 is 0 Å². The van der Waals surface area contributed by atoms with Crippen LogP contribution in [-0.2, 0) is 12.0 Å². The molecule has 150 valence electrons. The third-order valence-corrected chi connectivity index (χ3v) is 5.10. The van der Waals surface area contributed by atoms with Gasteiger partial charge in [-0.2, -0.15) is 5.10 Å². The molecule has 0 amide bonds. The van der Waals surface area contributed by atoms with E-state index in [9.17, 15) is 0 Å². The first-order chi connectivity index (χ1) is 14.5. The minimum Gasteiger partial charge on any atom is -0.489 e. The average molecular weight is 398 g/mol. The van der Waals surface area contributed by atoms with Gasteiger partial charge in [-0.05, 0) is 34.7 Å². The van der Waals surface area contributed by atoms with Gasteiger partial charge in [0.15, 0.2) is 17.1 Å². The van der Waals surface area contributed by atoms with Gasteiger partial charge in [0.25, 0.3) is 0 Å². The molecule has 0 spiro atoms. The molecule has 0 bridgehead atoms. The number of rotatable bonds is 4. The van der Waals surface area contributed by atoms with Crippen molar-refractivity contribution in [3.05, 3.63) is 72.2 Å². The van der Waals surface area contributed by atoms with Crippen LogP contribution >= 0.6 is 0 Å². The van der Waals surface area contributed by atoms with Gasteiger partial charge in [-0.1, -0.05) is 51.1 Å². The van der Waals surface area contributed by atoms with Crippen LogP contribution in [0.1, 0.15) is 31.9 Å². The number of nitrogens with one attached hydrogen (secondary N) is 1. The summed E-state index contributed by atoms with van der Waals surface area (Å²) in [6, 6.07) is 16.4. The van der Waals surface area contributed by atoms with E-state index in [1.165, 1.54) is 5.56 Å². The van der Waals surface area contributed by atoms with Crippen LogP contribution in [0.15, 0.2) is 61.1 Å². The van der Waals surface area contributed by atoms with Crippen LogP contribution in [-0.4, -0.2) is 29.8 Å². The predicted molar refractivity (Wildman–Crippen MR) is 115 cm³/mol. The summed E-state index contributed by atoms with van der Waals surface area (Å²) in [7, 11) is 0. The highest BCUT2D eigenvalue weighted by Gasteiger charge is 2.14. The largest absolute Gasteiger partial charge is 0.489 e. The molecule has 7 nitrogen and oxygen atoms in total. The predicted octanol–water partition coefficient (Wildman–Crippen LogP) is 4.54. The highest BCUT2D eigenvalue weighted by molar-refractivity contribution is 5.88. The Morgan fingerprint density at radius 3 is 2.70 bits per heavy atom. The summed E-state index contributed by atoms with van der Waals surface area (Å²) in [4.78, 5) is 8.99. The fourth-order valence-electron chi connectivity index (χ4n) is 3.38. The van der Waals surface area contributed by atoms with Crippen molar-refractivity contribution in [3.63, 3.8) is 0 Å². The van der Waals surface area contributed by atoms with Crippen LogP contribution in [0.25, 0.3) is 28.1 Å². The molecule has 5 aromatic rings. The lowest BCUT2D eigenvalue weighted by atomic mass is 9.87. The Morgan fingerprint density at radius 2 is 1.90 bits per heavy atom. The van der Waals surface area contributed by atoms with Crippen LogP contribution in [0.4, 0.5) is 0 Å². The summed E-state index contributed by atoms with van der Waals surface area (Å²) < 4.78 is 7.66. The van der Waals surface area contributed by atoms with Crippen LogP contribution in [0, 0.1) is 0 Å². The van der Waals surface area contributed by atoms with E-state index >= 15 is 0 Å². The van der Waals surface area contributed by atoms with E-state index in [4.69, 9.17) is 4.74 Å². The van der Waals surface area contributed by atoms with E-state index in [-0.39, 0.29) is 5.41 Å². The molecule has 2 aromatic carbocycles. The zero-order valence-electron chi connectivity index (χ0n) is 17.1. The van der Waals surface area contributed by atoms with Gasteiger partial charge in [-0.3, -0.25) is 5.10 Å². The second-order valence-electron chi connectivity index (χ2n) is 8.34. The Bertz CT molecular complexity index is 1330. The van der Waals surface area contributed by atoms with E-state index in [2.05, 4.69) is 64.2 Å². The minimum atomic E-state index is 0.130. The third kappa shape index (κ3) is 3.39.